The molecule has 3 heteroatoms. The number of nitrogens with one attached hydrogen (secondary N) is 1. The fourth-order valence-corrected chi connectivity index (χ4v) is 4.01. The van der Waals surface area contributed by atoms with E-state index in [1.165, 1.54) is 24.8 Å². The van der Waals surface area contributed by atoms with Crippen LogP contribution in [0.4, 0.5) is 0 Å². The lowest BCUT2D eigenvalue weighted by molar-refractivity contribution is 0.241. The van der Waals surface area contributed by atoms with E-state index in [1.54, 1.807) is 0 Å². The van der Waals surface area contributed by atoms with Crippen molar-refractivity contribution in [1.82, 2.24) is 10.3 Å². The molecule has 0 aromatic carbocycles. The maximum absolute atomic E-state index is 5.79. The Morgan fingerprint density at radius 2 is 2.05 bits per heavy atom. The molecule has 2 aliphatic carbocycles. The van der Waals surface area contributed by atoms with Crippen molar-refractivity contribution in [1.29, 1.82) is 0 Å². The summed E-state index contributed by atoms with van der Waals surface area (Å²) in [5.41, 5.74) is 1.30. The van der Waals surface area contributed by atoms with Gasteiger partial charge in [0.15, 0.2) is 0 Å². The molecule has 1 aromatic rings. The van der Waals surface area contributed by atoms with Crippen LogP contribution in [0.1, 0.15) is 51.6 Å². The topological polar surface area (TPSA) is 34.2 Å². The third kappa shape index (κ3) is 2.69. The predicted octanol–water partition coefficient (Wildman–Crippen LogP) is 3.57. The van der Waals surface area contributed by atoms with Crippen LogP contribution in [0.5, 0.6) is 5.75 Å². The van der Waals surface area contributed by atoms with Gasteiger partial charge in [0, 0.05) is 12.2 Å². The summed E-state index contributed by atoms with van der Waals surface area (Å²) in [4.78, 5) is 4.38. The minimum absolute atomic E-state index is 0.199. The summed E-state index contributed by atoms with van der Waals surface area (Å²) < 4.78 is 5.79. The highest BCUT2D eigenvalue weighted by Gasteiger charge is 2.55. The Morgan fingerprint density at radius 1 is 1.30 bits per heavy atom. The number of aromatic nitrogens is 1. The standard InChI is InChI=1S/C17H26N2O/c1-4-19-17(16-14-6-5-7-15(14)16)12-8-13(10-18-9-12)20-11(2)3/h8-11,14-17,19H,4-7H2,1-3H3. The molecule has 0 aliphatic heterocycles. The molecular formula is C17H26N2O. The summed E-state index contributed by atoms with van der Waals surface area (Å²) in [6.45, 7) is 7.31. The monoisotopic (exact) mass is 274 g/mol. The molecule has 2 aliphatic rings. The molecule has 0 amide bonds. The zero-order valence-corrected chi connectivity index (χ0v) is 12.8. The third-order valence-electron chi connectivity index (χ3n) is 4.75. The highest BCUT2D eigenvalue weighted by Crippen LogP contribution is 2.62. The van der Waals surface area contributed by atoms with Crippen LogP contribution in [0.15, 0.2) is 18.5 Å². The average Bonchev–Trinajstić information content (AvgIpc) is 2.88. The van der Waals surface area contributed by atoms with Gasteiger partial charge in [-0.3, -0.25) is 4.98 Å². The maximum Gasteiger partial charge on any atom is 0.138 e. The number of rotatable bonds is 6. The second-order valence-electron chi connectivity index (χ2n) is 6.49. The van der Waals surface area contributed by atoms with E-state index >= 15 is 0 Å². The zero-order chi connectivity index (χ0) is 14.1. The molecule has 0 bridgehead atoms. The Bertz CT molecular complexity index is 450. The summed E-state index contributed by atoms with van der Waals surface area (Å²) in [5, 5.41) is 3.67. The molecule has 3 nitrogen and oxygen atoms in total. The molecule has 1 aromatic heterocycles. The first-order chi connectivity index (χ1) is 9.70. The van der Waals surface area contributed by atoms with Crippen LogP contribution in [0.3, 0.4) is 0 Å². The number of pyridine rings is 1. The van der Waals surface area contributed by atoms with Crippen LogP contribution in [0.25, 0.3) is 0 Å². The fourth-order valence-electron chi connectivity index (χ4n) is 4.01. The molecule has 1 N–H and O–H groups in total. The van der Waals surface area contributed by atoms with E-state index in [0.717, 1.165) is 30.0 Å². The Hall–Kier alpha value is -1.09. The second kappa shape index (κ2) is 5.72. The first kappa shape index (κ1) is 13.9. The van der Waals surface area contributed by atoms with E-state index in [9.17, 15) is 0 Å². The van der Waals surface area contributed by atoms with E-state index in [2.05, 4.69) is 37.1 Å². The molecule has 0 saturated heterocycles. The molecule has 110 valence electrons. The van der Waals surface area contributed by atoms with Gasteiger partial charge < -0.3 is 10.1 Å². The summed E-state index contributed by atoms with van der Waals surface area (Å²) in [6, 6.07) is 2.63. The lowest BCUT2D eigenvalue weighted by Gasteiger charge is -2.21. The van der Waals surface area contributed by atoms with Gasteiger partial charge in [-0.1, -0.05) is 13.3 Å². The van der Waals surface area contributed by atoms with Gasteiger partial charge in [-0.15, -0.1) is 0 Å². The number of hydrogen-bond acceptors (Lipinski definition) is 3. The van der Waals surface area contributed by atoms with Crippen molar-refractivity contribution in [2.24, 2.45) is 17.8 Å². The number of hydrogen-bond donors (Lipinski definition) is 1. The van der Waals surface area contributed by atoms with Crippen molar-refractivity contribution in [3.63, 3.8) is 0 Å². The van der Waals surface area contributed by atoms with Crippen LogP contribution >= 0.6 is 0 Å². The third-order valence-corrected chi connectivity index (χ3v) is 4.75. The maximum atomic E-state index is 5.79. The molecular weight excluding hydrogens is 248 g/mol. The van der Waals surface area contributed by atoms with Gasteiger partial charge in [-0.05, 0) is 62.6 Å². The van der Waals surface area contributed by atoms with Crippen LogP contribution < -0.4 is 10.1 Å². The van der Waals surface area contributed by atoms with Gasteiger partial charge in [0.2, 0.25) is 0 Å². The zero-order valence-electron chi connectivity index (χ0n) is 12.8. The van der Waals surface area contributed by atoms with Crippen LogP contribution in [-0.4, -0.2) is 17.6 Å². The Kier molecular flexibility index (Phi) is 3.97. The number of fused-ring (bicyclic) bond motifs is 1. The first-order valence-corrected chi connectivity index (χ1v) is 8.05. The van der Waals surface area contributed by atoms with Crippen LogP contribution in [0.2, 0.25) is 0 Å². The lowest BCUT2D eigenvalue weighted by Crippen LogP contribution is -2.24. The van der Waals surface area contributed by atoms with E-state index in [0.29, 0.717) is 6.04 Å². The van der Waals surface area contributed by atoms with Crippen molar-refractivity contribution in [2.75, 3.05) is 6.54 Å². The molecule has 3 unspecified atom stereocenters. The summed E-state index contributed by atoms with van der Waals surface area (Å²) in [7, 11) is 0. The van der Waals surface area contributed by atoms with Gasteiger partial charge in [0.25, 0.3) is 0 Å². The van der Waals surface area contributed by atoms with E-state index in [1.807, 2.05) is 12.4 Å². The summed E-state index contributed by atoms with van der Waals surface area (Å²) in [6.07, 6.45) is 8.30. The quantitative estimate of drug-likeness (QED) is 0.861. The van der Waals surface area contributed by atoms with E-state index < -0.39 is 0 Å². The predicted molar refractivity (Wildman–Crippen MR) is 80.7 cm³/mol. The normalized spacial score (nSPS) is 29.3. The molecule has 3 atom stereocenters. The Balaban J connectivity index is 1.77. The molecule has 3 rings (SSSR count). The molecule has 20 heavy (non-hydrogen) atoms. The van der Waals surface area contributed by atoms with E-state index in [-0.39, 0.29) is 6.10 Å². The Labute approximate surface area is 122 Å². The number of ether oxygens (including phenoxy) is 1. The largest absolute Gasteiger partial charge is 0.489 e. The molecule has 0 radical (unpaired) electrons. The van der Waals surface area contributed by atoms with Crippen molar-refractivity contribution < 1.29 is 4.74 Å². The van der Waals surface area contributed by atoms with E-state index in [4.69, 9.17) is 4.74 Å². The van der Waals surface area contributed by atoms with Crippen molar-refractivity contribution in [3.8, 4) is 5.75 Å². The van der Waals surface area contributed by atoms with Gasteiger partial charge >= 0.3 is 0 Å². The van der Waals surface area contributed by atoms with Crippen molar-refractivity contribution in [3.05, 3.63) is 24.0 Å². The fraction of sp³-hybridized carbons (Fsp3) is 0.706. The minimum atomic E-state index is 0.199. The molecule has 2 saturated carbocycles. The minimum Gasteiger partial charge on any atom is -0.489 e. The number of nitrogens with zero attached hydrogens (tertiary/aromatic N) is 1. The van der Waals surface area contributed by atoms with Gasteiger partial charge in [0.1, 0.15) is 5.75 Å². The molecule has 2 fully saturated rings. The second-order valence-corrected chi connectivity index (χ2v) is 6.49. The van der Waals surface area contributed by atoms with Crippen LogP contribution in [0, 0.1) is 17.8 Å². The summed E-state index contributed by atoms with van der Waals surface area (Å²) >= 11 is 0. The van der Waals surface area contributed by atoms with Gasteiger partial charge in [-0.2, -0.15) is 0 Å². The average molecular weight is 274 g/mol. The molecule has 0 spiro atoms. The highest BCUT2D eigenvalue weighted by atomic mass is 16.5. The lowest BCUT2D eigenvalue weighted by atomic mass is 9.98. The van der Waals surface area contributed by atoms with Crippen LogP contribution in [-0.2, 0) is 0 Å². The van der Waals surface area contributed by atoms with Gasteiger partial charge in [-0.25, -0.2) is 0 Å². The van der Waals surface area contributed by atoms with Gasteiger partial charge in [0.05, 0.1) is 12.3 Å². The molecule has 1 heterocycles. The first-order valence-electron chi connectivity index (χ1n) is 8.05. The Morgan fingerprint density at radius 3 is 2.70 bits per heavy atom. The SMILES string of the molecule is CCNC(c1cncc(OC(C)C)c1)C1C2CCCC21. The van der Waals surface area contributed by atoms with Crippen molar-refractivity contribution >= 4 is 0 Å². The van der Waals surface area contributed by atoms with Crippen molar-refractivity contribution in [2.45, 2.75) is 52.2 Å². The highest BCUT2D eigenvalue weighted by molar-refractivity contribution is 5.29. The summed E-state index contributed by atoms with van der Waals surface area (Å²) in [5.74, 6) is 3.62. The smallest absolute Gasteiger partial charge is 0.138 e.